The Morgan fingerprint density at radius 2 is 1.73 bits per heavy atom. The molecule has 2 heterocycles. The Hall–Kier alpha value is -2.59. The molecule has 0 aliphatic carbocycles. The molecule has 1 saturated heterocycles. The molecular weight excluding hydrogens is 322 g/mol. The molecule has 0 spiro atoms. The number of piperazine rings is 1. The van der Waals surface area contributed by atoms with E-state index in [1.54, 1.807) is 0 Å². The molecule has 1 aromatic heterocycles. The smallest absolute Gasteiger partial charge is 0.198 e. The zero-order valence-electron chi connectivity index (χ0n) is 15.5. The van der Waals surface area contributed by atoms with Crippen molar-refractivity contribution in [1.29, 1.82) is 0 Å². The summed E-state index contributed by atoms with van der Waals surface area (Å²) in [6, 6.07) is 16.5. The van der Waals surface area contributed by atoms with Crippen LogP contribution in [0.15, 0.2) is 53.3 Å². The zero-order valence-corrected chi connectivity index (χ0v) is 15.5. The maximum absolute atomic E-state index is 13.0. The second-order valence-corrected chi connectivity index (χ2v) is 7.30. The molecule has 26 heavy (non-hydrogen) atoms. The van der Waals surface area contributed by atoms with Gasteiger partial charge in [0.25, 0.3) is 0 Å². The maximum atomic E-state index is 13.0. The lowest BCUT2D eigenvalue weighted by Gasteiger charge is -2.33. The highest BCUT2D eigenvalue weighted by Gasteiger charge is 2.22. The first-order valence-corrected chi connectivity index (χ1v) is 9.38. The van der Waals surface area contributed by atoms with Gasteiger partial charge in [0.15, 0.2) is 5.43 Å². The van der Waals surface area contributed by atoms with Crippen molar-refractivity contribution in [3.63, 3.8) is 0 Å². The van der Waals surface area contributed by atoms with E-state index in [1.807, 2.05) is 32.0 Å². The van der Waals surface area contributed by atoms with Crippen LogP contribution in [0.4, 0.5) is 5.69 Å². The van der Waals surface area contributed by atoms with Gasteiger partial charge in [-0.2, -0.15) is 0 Å². The number of pyridine rings is 1. The van der Waals surface area contributed by atoms with E-state index in [2.05, 4.69) is 40.2 Å². The van der Waals surface area contributed by atoms with E-state index >= 15 is 0 Å². The number of rotatable bonds is 3. The van der Waals surface area contributed by atoms with Crippen molar-refractivity contribution in [2.24, 2.45) is 0 Å². The van der Waals surface area contributed by atoms with E-state index in [0.717, 1.165) is 60.4 Å². The summed E-state index contributed by atoms with van der Waals surface area (Å²) in [7, 11) is 0. The number of nitrogens with zero attached hydrogens (tertiary/aromatic N) is 1. The van der Waals surface area contributed by atoms with Crippen LogP contribution in [0, 0.1) is 13.8 Å². The van der Waals surface area contributed by atoms with Gasteiger partial charge in [-0.05, 0) is 37.6 Å². The van der Waals surface area contributed by atoms with Crippen molar-refractivity contribution >= 4 is 16.6 Å². The zero-order chi connectivity index (χ0) is 18.1. The van der Waals surface area contributed by atoms with Crippen molar-refractivity contribution < 1.29 is 4.90 Å². The lowest BCUT2D eigenvalue weighted by atomic mass is 10.1. The Balaban J connectivity index is 1.53. The van der Waals surface area contributed by atoms with Crippen molar-refractivity contribution in [2.45, 2.75) is 20.4 Å². The number of H-pyrrole nitrogens is 1. The van der Waals surface area contributed by atoms with Crippen molar-refractivity contribution in [2.75, 3.05) is 31.1 Å². The highest BCUT2D eigenvalue weighted by Crippen LogP contribution is 2.15. The van der Waals surface area contributed by atoms with Gasteiger partial charge in [0.05, 0.1) is 37.3 Å². The summed E-state index contributed by atoms with van der Waals surface area (Å²) in [5, 5.41) is 0.813. The summed E-state index contributed by atoms with van der Waals surface area (Å²) in [5.41, 5.74) is 5.53. The second kappa shape index (κ2) is 6.96. The number of benzene rings is 2. The fourth-order valence-corrected chi connectivity index (χ4v) is 3.98. The Kier molecular flexibility index (Phi) is 4.51. The SMILES string of the molecule is Cc1[nH]c2c(C)cccc2c(=O)c1C[NH+]1CCN(c2ccccc2)CC1. The standard InChI is InChI=1S/C22H25N3O/c1-16-7-6-10-19-21(16)23-17(2)20(22(19)26)15-24-11-13-25(14-12-24)18-8-4-3-5-9-18/h3-10H,11-15H2,1-2H3,(H,23,26)/p+1. The Morgan fingerprint density at radius 1 is 1.00 bits per heavy atom. The van der Waals surface area contributed by atoms with Gasteiger partial charge in [-0.15, -0.1) is 0 Å². The van der Waals surface area contributed by atoms with Crippen LogP contribution in [0.5, 0.6) is 0 Å². The monoisotopic (exact) mass is 348 g/mol. The van der Waals surface area contributed by atoms with Gasteiger partial charge in [0, 0.05) is 16.8 Å². The van der Waals surface area contributed by atoms with Gasteiger partial charge in [-0.3, -0.25) is 4.79 Å². The third-order valence-electron chi connectivity index (χ3n) is 5.58. The van der Waals surface area contributed by atoms with Crippen LogP contribution in [0.1, 0.15) is 16.8 Å². The predicted molar refractivity (Wildman–Crippen MR) is 107 cm³/mol. The Bertz CT molecular complexity index is 970. The van der Waals surface area contributed by atoms with Crippen LogP contribution < -0.4 is 15.2 Å². The number of aryl methyl sites for hydroxylation is 2. The molecule has 0 atom stereocenters. The Morgan fingerprint density at radius 3 is 2.46 bits per heavy atom. The van der Waals surface area contributed by atoms with Crippen molar-refractivity contribution in [3.8, 4) is 0 Å². The Labute approximate surface area is 154 Å². The number of fused-ring (bicyclic) bond motifs is 1. The molecule has 0 saturated carbocycles. The average molecular weight is 348 g/mol. The predicted octanol–water partition coefficient (Wildman–Crippen LogP) is 2.05. The summed E-state index contributed by atoms with van der Waals surface area (Å²) < 4.78 is 0. The van der Waals surface area contributed by atoms with Gasteiger partial charge < -0.3 is 14.8 Å². The topological polar surface area (TPSA) is 40.5 Å². The van der Waals surface area contributed by atoms with E-state index in [0.29, 0.717) is 0 Å². The molecule has 4 rings (SSSR count). The molecule has 0 unspecified atom stereocenters. The minimum Gasteiger partial charge on any atom is -0.360 e. The van der Waals surface area contributed by atoms with Gasteiger partial charge in [-0.1, -0.05) is 30.3 Å². The molecule has 1 aliphatic rings. The van der Waals surface area contributed by atoms with E-state index in [-0.39, 0.29) is 5.43 Å². The van der Waals surface area contributed by atoms with Crippen LogP contribution in [0.3, 0.4) is 0 Å². The van der Waals surface area contributed by atoms with Crippen LogP contribution in [-0.2, 0) is 6.54 Å². The summed E-state index contributed by atoms with van der Waals surface area (Å²) >= 11 is 0. The number of anilines is 1. The number of hydrogen-bond acceptors (Lipinski definition) is 2. The van der Waals surface area contributed by atoms with E-state index < -0.39 is 0 Å². The molecule has 3 aromatic rings. The minimum absolute atomic E-state index is 0.193. The van der Waals surface area contributed by atoms with Crippen LogP contribution in [-0.4, -0.2) is 31.2 Å². The summed E-state index contributed by atoms with van der Waals surface area (Å²) in [4.78, 5) is 20.4. The lowest BCUT2D eigenvalue weighted by Crippen LogP contribution is -3.13. The number of para-hydroxylation sites is 2. The van der Waals surface area contributed by atoms with Crippen LogP contribution in [0.2, 0.25) is 0 Å². The van der Waals surface area contributed by atoms with Gasteiger partial charge >= 0.3 is 0 Å². The fraction of sp³-hybridized carbons (Fsp3) is 0.318. The number of nitrogens with one attached hydrogen (secondary N) is 2. The number of aromatic amines is 1. The number of aromatic nitrogens is 1. The quantitative estimate of drug-likeness (QED) is 0.761. The molecule has 0 radical (unpaired) electrons. The molecular formula is C22H26N3O+. The third kappa shape index (κ3) is 3.13. The summed E-state index contributed by atoms with van der Waals surface area (Å²) in [6.45, 7) is 9.05. The molecule has 0 amide bonds. The highest BCUT2D eigenvalue weighted by molar-refractivity contribution is 5.82. The minimum atomic E-state index is 0.193. The maximum Gasteiger partial charge on any atom is 0.198 e. The summed E-state index contributed by atoms with van der Waals surface area (Å²) in [5.74, 6) is 0. The lowest BCUT2D eigenvalue weighted by molar-refractivity contribution is -0.914. The molecule has 4 nitrogen and oxygen atoms in total. The largest absolute Gasteiger partial charge is 0.360 e. The van der Waals surface area contributed by atoms with Crippen LogP contribution >= 0.6 is 0 Å². The first-order valence-electron chi connectivity index (χ1n) is 9.38. The van der Waals surface area contributed by atoms with E-state index in [1.165, 1.54) is 10.6 Å². The van der Waals surface area contributed by atoms with Gasteiger partial charge in [0.2, 0.25) is 0 Å². The molecule has 2 N–H and O–H groups in total. The molecule has 4 heteroatoms. The first-order chi connectivity index (χ1) is 12.6. The third-order valence-corrected chi connectivity index (χ3v) is 5.58. The molecule has 1 fully saturated rings. The van der Waals surface area contributed by atoms with Gasteiger partial charge in [-0.25, -0.2) is 0 Å². The van der Waals surface area contributed by atoms with Crippen molar-refractivity contribution in [3.05, 3.63) is 75.6 Å². The fourth-order valence-electron chi connectivity index (χ4n) is 3.98. The second-order valence-electron chi connectivity index (χ2n) is 7.30. The first kappa shape index (κ1) is 16.9. The molecule has 1 aliphatic heterocycles. The highest BCUT2D eigenvalue weighted by atomic mass is 16.1. The van der Waals surface area contributed by atoms with E-state index in [4.69, 9.17) is 0 Å². The molecule has 2 aromatic carbocycles. The number of hydrogen-bond donors (Lipinski definition) is 2. The average Bonchev–Trinajstić information content (AvgIpc) is 2.67. The molecule has 0 bridgehead atoms. The van der Waals surface area contributed by atoms with Crippen LogP contribution in [0.25, 0.3) is 10.9 Å². The number of quaternary nitrogens is 1. The normalized spacial score (nSPS) is 15.5. The summed E-state index contributed by atoms with van der Waals surface area (Å²) in [6.07, 6.45) is 0. The van der Waals surface area contributed by atoms with E-state index in [9.17, 15) is 4.79 Å². The van der Waals surface area contributed by atoms with Gasteiger partial charge in [0.1, 0.15) is 6.54 Å². The molecule has 134 valence electrons. The van der Waals surface area contributed by atoms with Crippen molar-refractivity contribution in [1.82, 2.24) is 4.98 Å².